The fraction of sp³-hybridized carbons (Fsp3) is 0.167. The largest absolute Gasteiger partial charge is 0.495 e. The van der Waals surface area contributed by atoms with Crippen LogP contribution in [0.1, 0.15) is 6.92 Å². The molecule has 2 aromatic carbocycles. The molecule has 1 amide bonds. The molecule has 134 valence electrons. The molecule has 8 heteroatoms. The van der Waals surface area contributed by atoms with Crippen molar-refractivity contribution in [3.05, 3.63) is 53.9 Å². The zero-order valence-electron chi connectivity index (χ0n) is 14.1. The molecule has 0 fully saturated rings. The monoisotopic (exact) mass is 373 g/mol. The summed E-state index contributed by atoms with van der Waals surface area (Å²) < 4.78 is 15.9. The average Bonchev–Trinajstić information content (AvgIpc) is 3.17. The van der Waals surface area contributed by atoms with Crippen LogP contribution in [-0.2, 0) is 4.79 Å². The number of benzene rings is 2. The van der Waals surface area contributed by atoms with E-state index in [4.69, 9.17) is 25.5 Å². The van der Waals surface area contributed by atoms with Crippen LogP contribution in [0.15, 0.2) is 53.3 Å². The molecule has 1 atom stereocenters. The van der Waals surface area contributed by atoms with Crippen LogP contribution < -0.4 is 14.8 Å². The third-order valence-corrected chi connectivity index (χ3v) is 3.86. The molecule has 0 aliphatic heterocycles. The first kappa shape index (κ1) is 17.8. The molecule has 26 heavy (non-hydrogen) atoms. The van der Waals surface area contributed by atoms with E-state index < -0.39 is 6.10 Å². The Morgan fingerprint density at radius 3 is 2.62 bits per heavy atom. The predicted octanol–water partition coefficient (Wildman–Crippen LogP) is 3.80. The summed E-state index contributed by atoms with van der Waals surface area (Å²) in [7, 11) is 1.53. The fourth-order valence-electron chi connectivity index (χ4n) is 2.22. The van der Waals surface area contributed by atoms with Gasteiger partial charge in [-0.2, -0.15) is 0 Å². The van der Waals surface area contributed by atoms with E-state index in [2.05, 4.69) is 15.5 Å². The highest BCUT2D eigenvalue weighted by atomic mass is 35.5. The minimum atomic E-state index is -0.704. The number of hydrogen-bond acceptors (Lipinski definition) is 6. The summed E-state index contributed by atoms with van der Waals surface area (Å²) in [5.41, 5.74) is 1.32. The lowest BCUT2D eigenvalue weighted by atomic mass is 10.2. The molecule has 3 aromatic rings. The van der Waals surface area contributed by atoms with Crippen LogP contribution in [0.5, 0.6) is 11.5 Å². The molecular formula is C18H16ClN3O4. The van der Waals surface area contributed by atoms with Gasteiger partial charge < -0.3 is 19.2 Å². The third kappa shape index (κ3) is 4.12. The van der Waals surface area contributed by atoms with Crippen LogP contribution in [0.25, 0.3) is 11.5 Å². The lowest BCUT2D eigenvalue weighted by Crippen LogP contribution is -2.30. The van der Waals surface area contributed by atoms with E-state index in [1.54, 1.807) is 49.4 Å². The topological polar surface area (TPSA) is 86.5 Å². The molecule has 0 aliphatic rings. The number of nitrogens with zero attached hydrogens (tertiary/aromatic N) is 2. The molecule has 0 radical (unpaired) electrons. The zero-order valence-corrected chi connectivity index (χ0v) is 14.9. The first-order chi connectivity index (χ1) is 12.6. The van der Waals surface area contributed by atoms with Gasteiger partial charge in [0.25, 0.3) is 5.91 Å². The van der Waals surface area contributed by atoms with Gasteiger partial charge in [-0.05, 0) is 49.4 Å². The molecule has 0 bridgehead atoms. The van der Waals surface area contributed by atoms with E-state index in [1.807, 2.05) is 0 Å². The van der Waals surface area contributed by atoms with Gasteiger partial charge in [0.2, 0.25) is 12.3 Å². The lowest BCUT2D eigenvalue weighted by Gasteiger charge is -2.15. The molecule has 0 spiro atoms. The molecule has 1 unspecified atom stereocenters. The molecular weight excluding hydrogens is 358 g/mol. The van der Waals surface area contributed by atoms with E-state index >= 15 is 0 Å². The van der Waals surface area contributed by atoms with E-state index in [0.717, 1.165) is 5.56 Å². The van der Waals surface area contributed by atoms with Crippen LogP contribution in [0.4, 0.5) is 5.69 Å². The van der Waals surface area contributed by atoms with Crippen LogP contribution in [-0.4, -0.2) is 29.3 Å². The summed E-state index contributed by atoms with van der Waals surface area (Å²) >= 11 is 6.05. The number of anilines is 1. The highest BCUT2D eigenvalue weighted by molar-refractivity contribution is 6.32. The molecule has 1 heterocycles. The molecule has 0 saturated carbocycles. The number of aromatic nitrogens is 2. The van der Waals surface area contributed by atoms with Crippen molar-refractivity contribution in [2.24, 2.45) is 0 Å². The highest BCUT2D eigenvalue weighted by Crippen LogP contribution is 2.27. The van der Waals surface area contributed by atoms with E-state index in [-0.39, 0.29) is 5.91 Å². The van der Waals surface area contributed by atoms with Crippen LogP contribution >= 0.6 is 11.6 Å². The van der Waals surface area contributed by atoms with Gasteiger partial charge >= 0.3 is 0 Å². The summed E-state index contributed by atoms with van der Waals surface area (Å²) in [5.74, 6) is 1.20. The Morgan fingerprint density at radius 2 is 2.00 bits per heavy atom. The SMILES string of the molecule is COc1ccc(NC(=O)C(C)Oc2ccc(-c3nnco3)cc2)cc1Cl. The van der Waals surface area contributed by atoms with Crippen molar-refractivity contribution < 1.29 is 18.7 Å². The molecule has 0 aliphatic carbocycles. The standard InChI is InChI=1S/C18H16ClN3O4/c1-11(17(23)21-13-5-8-16(24-2)15(19)9-13)26-14-6-3-12(4-7-14)18-22-20-10-25-18/h3-11H,1-2H3,(H,21,23). The average molecular weight is 374 g/mol. The zero-order chi connectivity index (χ0) is 18.5. The van der Waals surface area contributed by atoms with E-state index in [9.17, 15) is 4.79 Å². The Balaban J connectivity index is 1.61. The van der Waals surface area contributed by atoms with Crippen LogP contribution in [0.3, 0.4) is 0 Å². The van der Waals surface area contributed by atoms with Gasteiger partial charge in [0.15, 0.2) is 6.10 Å². The second-order valence-electron chi connectivity index (χ2n) is 5.37. The Bertz CT molecular complexity index is 882. The number of hydrogen-bond donors (Lipinski definition) is 1. The normalized spacial score (nSPS) is 11.7. The third-order valence-electron chi connectivity index (χ3n) is 3.56. The first-order valence-corrected chi connectivity index (χ1v) is 8.12. The van der Waals surface area contributed by atoms with Crippen molar-refractivity contribution in [1.29, 1.82) is 0 Å². The number of carbonyl (C=O) groups is 1. The minimum Gasteiger partial charge on any atom is -0.495 e. The van der Waals surface area contributed by atoms with Gasteiger partial charge in [-0.3, -0.25) is 4.79 Å². The van der Waals surface area contributed by atoms with Gasteiger partial charge in [-0.15, -0.1) is 10.2 Å². The number of amides is 1. The summed E-state index contributed by atoms with van der Waals surface area (Å²) in [6.07, 6.45) is 0.558. The fourth-order valence-corrected chi connectivity index (χ4v) is 2.48. The maximum absolute atomic E-state index is 12.3. The quantitative estimate of drug-likeness (QED) is 0.707. The maximum atomic E-state index is 12.3. The highest BCUT2D eigenvalue weighted by Gasteiger charge is 2.16. The van der Waals surface area contributed by atoms with Crippen LogP contribution in [0.2, 0.25) is 5.02 Å². The minimum absolute atomic E-state index is 0.299. The Morgan fingerprint density at radius 1 is 1.23 bits per heavy atom. The number of halogens is 1. The molecule has 0 saturated heterocycles. The number of methoxy groups -OCH3 is 1. The van der Waals surface area contributed by atoms with Gasteiger partial charge in [-0.1, -0.05) is 11.6 Å². The second-order valence-corrected chi connectivity index (χ2v) is 5.77. The van der Waals surface area contributed by atoms with Crippen molar-refractivity contribution >= 4 is 23.2 Å². The molecule has 1 aromatic heterocycles. The van der Waals surface area contributed by atoms with E-state index in [0.29, 0.717) is 28.1 Å². The summed E-state index contributed by atoms with van der Waals surface area (Å²) in [4.78, 5) is 12.3. The Hall–Kier alpha value is -3.06. The molecule has 7 nitrogen and oxygen atoms in total. The van der Waals surface area contributed by atoms with Gasteiger partial charge in [-0.25, -0.2) is 0 Å². The van der Waals surface area contributed by atoms with Crippen molar-refractivity contribution in [3.63, 3.8) is 0 Å². The number of rotatable bonds is 6. The summed E-state index contributed by atoms with van der Waals surface area (Å²) in [6.45, 7) is 1.66. The number of carbonyl (C=O) groups excluding carboxylic acids is 1. The van der Waals surface area contributed by atoms with Gasteiger partial charge in [0.1, 0.15) is 11.5 Å². The number of ether oxygens (including phenoxy) is 2. The summed E-state index contributed by atoms with van der Waals surface area (Å²) in [5, 5.41) is 10.6. The smallest absolute Gasteiger partial charge is 0.265 e. The van der Waals surface area contributed by atoms with Crippen molar-refractivity contribution in [1.82, 2.24) is 10.2 Å². The summed E-state index contributed by atoms with van der Waals surface area (Å²) in [6, 6.07) is 12.0. The lowest BCUT2D eigenvalue weighted by molar-refractivity contribution is -0.122. The van der Waals surface area contributed by atoms with Crippen LogP contribution in [0, 0.1) is 0 Å². The van der Waals surface area contributed by atoms with Gasteiger partial charge in [0, 0.05) is 11.3 Å². The molecule has 1 N–H and O–H groups in total. The van der Waals surface area contributed by atoms with E-state index in [1.165, 1.54) is 13.5 Å². The van der Waals surface area contributed by atoms with Gasteiger partial charge in [0.05, 0.1) is 12.1 Å². The Labute approximate surface area is 154 Å². The van der Waals surface area contributed by atoms with Crippen molar-refractivity contribution in [2.45, 2.75) is 13.0 Å². The van der Waals surface area contributed by atoms with Crippen molar-refractivity contribution in [2.75, 3.05) is 12.4 Å². The van der Waals surface area contributed by atoms with Crippen molar-refractivity contribution in [3.8, 4) is 23.0 Å². The second kappa shape index (κ2) is 7.88. The molecule has 3 rings (SSSR count). The first-order valence-electron chi connectivity index (χ1n) is 7.74. The maximum Gasteiger partial charge on any atom is 0.265 e. The number of nitrogens with one attached hydrogen (secondary N) is 1. The Kier molecular flexibility index (Phi) is 5.38. The predicted molar refractivity (Wildman–Crippen MR) is 96.5 cm³/mol.